The van der Waals surface area contributed by atoms with Crippen molar-refractivity contribution < 1.29 is 36.5 Å². The van der Waals surface area contributed by atoms with Crippen LogP contribution in [0.25, 0.3) is 0 Å². The number of rotatable bonds is 4. The highest BCUT2D eigenvalue weighted by Crippen LogP contribution is 2.54. The van der Waals surface area contributed by atoms with Crippen molar-refractivity contribution in [1.82, 2.24) is 0 Å². The van der Waals surface area contributed by atoms with Gasteiger partial charge in [-0.15, -0.1) is 0 Å². The van der Waals surface area contributed by atoms with Crippen molar-refractivity contribution in [3.63, 3.8) is 0 Å². The average molecular weight is 322 g/mol. The Labute approximate surface area is 115 Å². The molecule has 0 radical (unpaired) electrons. The fraction of sp³-hybridized carbons (Fsp3) is 1.00. The van der Waals surface area contributed by atoms with Crippen LogP contribution in [0.3, 0.4) is 0 Å². The maximum absolute atomic E-state index is 13.9. The first-order chi connectivity index (χ1) is 8.66. The van der Waals surface area contributed by atoms with Gasteiger partial charge in [-0.3, -0.25) is 0 Å². The van der Waals surface area contributed by atoms with E-state index in [1.54, 1.807) is 0 Å². The van der Waals surface area contributed by atoms with Gasteiger partial charge in [-0.2, -0.15) is 22.0 Å². The summed E-state index contributed by atoms with van der Waals surface area (Å²) in [6.07, 6.45) is -5.60. The Kier molecular flexibility index (Phi) is 4.35. The van der Waals surface area contributed by atoms with Crippen LogP contribution in [0.4, 0.5) is 22.0 Å². The molecule has 1 aliphatic heterocycles. The van der Waals surface area contributed by atoms with Crippen LogP contribution in [0.15, 0.2) is 0 Å². The lowest BCUT2D eigenvalue weighted by Gasteiger charge is -2.36. The minimum absolute atomic E-state index is 0.0981. The fourth-order valence-corrected chi connectivity index (χ4v) is 2.47. The van der Waals surface area contributed by atoms with Crippen molar-refractivity contribution in [2.24, 2.45) is 0 Å². The van der Waals surface area contributed by atoms with Gasteiger partial charge in [0.2, 0.25) is 0 Å². The summed E-state index contributed by atoms with van der Waals surface area (Å²) in [6.45, 7) is 5.64. The summed E-state index contributed by atoms with van der Waals surface area (Å²) in [4.78, 5) is 0. The predicted molar refractivity (Wildman–Crippen MR) is 64.4 cm³/mol. The van der Waals surface area contributed by atoms with Gasteiger partial charge >= 0.3 is 17.9 Å². The molecule has 1 rings (SSSR count). The summed E-state index contributed by atoms with van der Waals surface area (Å²) >= 11 is 0. The van der Waals surface area contributed by atoms with Crippen LogP contribution >= 0.6 is 0 Å². The molecule has 120 valence electrons. The quantitative estimate of drug-likeness (QED) is 0.639. The third-order valence-corrected chi connectivity index (χ3v) is 5.01. The molecule has 0 spiro atoms. The summed E-state index contributed by atoms with van der Waals surface area (Å²) in [5.74, 6) is -9.09. The van der Waals surface area contributed by atoms with E-state index in [-0.39, 0.29) is 6.61 Å². The molecule has 0 bridgehead atoms. The summed E-state index contributed by atoms with van der Waals surface area (Å²) in [5.41, 5.74) is -2.50. The molecule has 0 aliphatic carbocycles. The van der Waals surface area contributed by atoms with E-state index in [2.05, 4.69) is 4.74 Å². The van der Waals surface area contributed by atoms with E-state index in [0.29, 0.717) is 6.04 Å². The molecular formula is C11H19F5O3Si. The summed E-state index contributed by atoms with van der Waals surface area (Å²) in [5, 5.41) is 9.18. The lowest BCUT2D eigenvalue weighted by molar-refractivity contribution is -0.410. The van der Waals surface area contributed by atoms with E-state index < -0.39 is 38.2 Å². The van der Waals surface area contributed by atoms with Gasteiger partial charge in [0.25, 0.3) is 0 Å². The molecule has 2 unspecified atom stereocenters. The van der Waals surface area contributed by atoms with E-state index in [0.717, 1.165) is 6.92 Å². The second kappa shape index (κ2) is 4.89. The van der Waals surface area contributed by atoms with Gasteiger partial charge in [0.1, 0.15) is 0 Å². The second-order valence-corrected chi connectivity index (χ2v) is 12.0. The molecule has 20 heavy (non-hydrogen) atoms. The average Bonchev–Trinajstić information content (AvgIpc) is 2.38. The Morgan fingerprint density at radius 2 is 1.75 bits per heavy atom. The zero-order chi connectivity index (χ0) is 16.0. The molecule has 0 amide bonds. The van der Waals surface area contributed by atoms with Crippen LogP contribution < -0.4 is 0 Å². The first-order valence-corrected chi connectivity index (χ1v) is 9.82. The van der Waals surface area contributed by atoms with Crippen molar-refractivity contribution >= 4 is 8.07 Å². The highest BCUT2D eigenvalue weighted by molar-refractivity contribution is 6.76. The van der Waals surface area contributed by atoms with E-state index in [4.69, 9.17) is 4.74 Å². The van der Waals surface area contributed by atoms with Gasteiger partial charge in [0.15, 0.2) is 5.60 Å². The lowest BCUT2D eigenvalue weighted by atomic mass is 9.94. The predicted octanol–water partition coefficient (Wildman–Crippen LogP) is 3.02. The van der Waals surface area contributed by atoms with Gasteiger partial charge in [0.05, 0.1) is 6.61 Å². The van der Waals surface area contributed by atoms with E-state index in [9.17, 15) is 27.1 Å². The third kappa shape index (κ3) is 2.86. The van der Waals surface area contributed by atoms with Crippen molar-refractivity contribution in [2.45, 2.75) is 56.1 Å². The zero-order valence-corrected chi connectivity index (χ0v) is 12.8. The van der Waals surface area contributed by atoms with Gasteiger partial charge in [-0.05, 0) is 13.0 Å². The summed E-state index contributed by atoms with van der Waals surface area (Å²) in [7, 11) is -1.58. The van der Waals surface area contributed by atoms with Gasteiger partial charge in [-0.1, -0.05) is 19.6 Å². The first-order valence-electron chi connectivity index (χ1n) is 6.11. The topological polar surface area (TPSA) is 38.7 Å². The Balaban J connectivity index is 2.88. The smallest absolute Gasteiger partial charge is 0.367 e. The summed E-state index contributed by atoms with van der Waals surface area (Å²) in [6, 6.07) is 0.517. The standard InChI is InChI=1S/C11H19F5O3Si/c1-8(18-5-6-20(2,3)4)7-19-10(17,9(8,12)13)11(14,15)16/h17H,5-7H2,1-4H3. The van der Waals surface area contributed by atoms with Gasteiger partial charge in [0, 0.05) is 14.7 Å². The molecule has 1 N–H and O–H groups in total. The number of halogens is 5. The van der Waals surface area contributed by atoms with Crippen molar-refractivity contribution in [3.05, 3.63) is 0 Å². The fourth-order valence-electron chi connectivity index (χ4n) is 1.76. The van der Waals surface area contributed by atoms with Crippen LogP contribution in [-0.4, -0.2) is 49.9 Å². The molecule has 1 heterocycles. The maximum atomic E-state index is 13.9. The molecule has 0 aromatic heterocycles. The lowest BCUT2D eigenvalue weighted by Crippen LogP contribution is -2.63. The molecule has 0 aromatic carbocycles. The van der Waals surface area contributed by atoms with E-state index in [1.165, 1.54) is 0 Å². The van der Waals surface area contributed by atoms with Crippen LogP contribution in [0, 0.1) is 0 Å². The zero-order valence-electron chi connectivity index (χ0n) is 11.8. The molecular weight excluding hydrogens is 303 g/mol. The minimum Gasteiger partial charge on any atom is -0.367 e. The van der Waals surface area contributed by atoms with Crippen LogP contribution in [0.2, 0.25) is 25.7 Å². The molecule has 9 heteroatoms. The number of hydrogen-bond donors (Lipinski definition) is 1. The first kappa shape index (κ1) is 17.8. The minimum atomic E-state index is -5.60. The Bertz CT molecular complexity index is 368. The second-order valence-electron chi connectivity index (χ2n) is 6.39. The van der Waals surface area contributed by atoms with E-state index >= 15 is 0 Å². The van der Waals surface area contributed by atoms with Crippen molar-refractivity contribution in [3.8, 4) is 0 Å². The molecule has 2 atom stereocenters. The molecule has 0 saturated carbocycles. The Morgan fingerprint density at radius 3 is 2.10 bits per heavy atom. The molecule has 1 saturated heterocycles. The Morgan fingerprint density at radius 1 is 1.25 bits per heavy atom. The largest absolute Gasteiger partial charge is 0.449 e. The van der Waals surface area contributed by atoms with Crippen LogP contribution in [0.5, 0.6) is 0 Å². The Hall–Kier alpha value is -0.253. The highest BCUT2D eigenvalue weighted by Gasteiger charge is 2.81. The number of alkyl halides is 5. The van der Waals surface area contributed by atoms with Gasteiger partial charge < -0.3 is 14.6 Å². The number of hydrogen-bond acceptors (Lipinski definition) is 3. The molecule has 0 aromatic rings. The van der Waals surface area contributed by atoms with Crippen LogP contribution in [-0.2, 0) is 9.47 Å². The number of aliphatic hydroxyl groups is 1. The van der Waals surface area contributed by atoms with Crippen molar-refractivity contribution in [1.29, 1.82) is 0 Å². The van der Waals surface area contributed by atoms with Gasteiger partial charge in [-0.25, -0.2) is 0 Å². The number of ether oxygens (including phenoxy) is 2. The SMILES string of the molecule is CC1(OCC[Si](C)(C)C)COC(O)(C(F)(F)F)C1(F)F. The maximum Gasteiger partial charge on any atom is 0.449 e. The molecule has 3 nitrogen and oxygen atoms in total. The molecule has 1 fully saturated rings. The third-order valence-electron chi connectivity index (χ3n) is 3.30. The van der Waals surface area contributed by atoms with E-state index in [1.807, 2.05) is 19.6 Å². The molecule has 1 aliphatic rings. The van der Waals surface area contributed by atoms with Crippen molar-refractivity contribution in [2.75, 3.05) is 13.2 Å². The summed E-state index contributed by atoms with van der Waals surface area (Å²) < 4.78 is 74.6. The monoisotopic (exact) mass is 322 g/mol. The normalized spacial score (nSPS) is 34.5. The highest BCUT2D eigenvalue weighted by atomic mass is 28.3. The van der Waals surface area contributed by atoms with Crippen LogP contribution in [0.1, 0.15) is 6.92 Å².